The molecule has 2 N–H and O–H groups in total. The van der Waals surface area contributed by atoms with Crippen LogP contribution in [0.2, 0.25) is 5.02 Å². The van der Waals surface area contributed by atoms with E-state index in [4.69, 9.17) is 11.6 Å². The van der Waals surface area contributed by atoms with Gasteiger partial charge in [-0.15, -0.1) is 0 Å². The van der Waals surface area contributed by atoms with Crippen LogP contribution in [0.25, 0.3) is 5.69 Å². The fraction of sp³-hybridized carbons (Fsp3) is 0.474. The van der Waals surface area contributed by atoms with Gasteiger partial charge in [0.25, 0.3) is 5.91 Å². The topological polar surface area (TPSA) is 58.9 Å². The van der Waals surface area contributed by atoms with Crippen LogP contribution in [0.15, 0.2) is 24.4 Å². The van der Waals surface area contributed by atoms with Gasteiger partial charge < -0.3 is 10.6 Å². The smallest absolute Gasteiger partial charge is 0.254 e. The summed E-state index contributed by atoms with van der Waals surface area (Å²) in [4.78, 5) is 12.6. The lowest BCUT2D eigenvalue weighted by Crippen LogP contribution is -2.32. The highest BCUT2D eigenvalue weighted by Crippen LogP contribution is 2.42. The fourth-order valence-electron chi connectivity index (χ4n) is 2.86. The van der Waals surface area contributed by atoms with Gasteiger partial charge >= 0.3 is 0 Å². The largest absolute Gasteiger partial charge is 0.351 e. The lowest BCUT2D eigenvalue weighted by molar-refractivity contribution is 0.0953. The van der Waals surface area contributed by atoms with Crippen molar-refractivity contribution in [2.75, 3.05) is 19.6 Å². The number of rotatable bonds is 8. The molecule has 0 unspecified atom stereocenters. The van der Waals surface area contributed by atoms with E-state index in [1.54, 1.807) is 6.20 Å². The molecule has 1 aliphatic carbocycles. The van der Waals surface area contributed by atoms with Gasteiger partial charge in [0.1, 0.15) is 0 Å². The molecule has 25 heavy (non-hydrogen) atoms. The number of carbonyl (C=O) groups is 1. The average molecular weight is 361 g/mol. The third-order valence-corrected chi connectivity index (χ3v) is 4.84. The van der Waals surface area contributed by atoms with Crippen molar-refractivity contribution in [1.29, 1.82) is 0 Å². The minimum atomic E-state index is -0.0512. The van der Waals surface area contributed by atoms with Gasteiger partial charge in [0.2, 0.25) is 0 Å². The van der Waals surface area contributed by atoms with Crippen LogP contribution in [0, 0.1) is 6.92 Å². The van der Waals surface area contributed by atoms with Gasteiger partial charge in [-0.05, 0) is 50.4 Å². The van der Waals surface area contributed by atoms with Gasteiger partial charge in [0, 0.05) is 24.0 Å². The fourth-order valence-corrected chi connectivity index (χ4v) is 3.04. The molecule has 2 aromatic rings. The van der Waals surface area contributed by atoms with Crippen molar-refractivity contribution < 1.29 is 4.79 Å². The molecule has 0 aliphatic heterocycles. The van der Waals surface area contributed by atoms with Gasteiger partial charge in [-0.2, -0.15) is 5.10 Å². The Morgan fingerprint density at radius 1 is 1.32 bits per heavy atom. The second-order valence-electron chi connectivity index (χ2n) is 6.57. The molecule has 0 bridgehead atoms. The van der Waals surface area contributed by atoms with E-state index in [1.807, 2.05) is 29.8 Å². The van der Waals surface area contributed by atoms with Crippen molar-refractivity contribution >= 4 is 17.5 Å². The first-order valence-electron chi connectivity index (χ1n) is 8.95. The molecule has 6 heteroatoms. The molecule has 5 nitrogen and oxygen atoms in total. The third-order valence-electron chi connectivity index (χ3n) is 4.43. The first kappa shape index (κ1) is 18.0. The predicted molar refractivity (Wildman–Crippen MR) is 101 cm³/mol. The summed E-state index contributed by atoms with van der Waals surface area (Å²) in [6.45, 7) is 6.46. The second kappa shape index (κ2) is 8.02. The Labute approximate surface area is 153 Å². The number of aryl methyl sites for hydroxylation is 1. The summed E-state index contributed by atoms with van der Waals surface area (Å²) in [6.07, 6.45) is 4.97. The standard InChI is InChI=1S/C19H25ClN4O/c1-3-8-21-9-10-22-19(25)16-12-23-24(18(16)14-5-6-14)15-7-4-13(2)17(20)11-15/h4,7,11-12,14,21H,3,5-6,8-10H2,1-2H3,(H,22,25). The molecule has 1 heterocycles. The highest BCUT2D eigenvalue weighted by molar-refractivity contribution is 6.31. The van der Waals surface area contributed by atoms with Crippen LogP contribution in [0.3, 0.4) is 0 Å². The summed E-state index contributed by atoms with van der Waals surface area (Å²) in [7, 11) is 0. The molecule has 1 fully saturated rings. The minimum absolute atomic E-state index is 0.0512. The van der Waals surface area contributed by atoms with E-state index in [-0.39, 0.29) is 5.91 Å². The molecule has 0 saturated heterocycles. The number of aromatic nitrogens is 2. The van der Waals surface area contributed by atoms with E-state index >= 15 is 0 Å². The molecule has 134 valence electrons. The zero-order valence-electron chi connectivity index (χ0n) is 14.8. The molecule has 0 atom stereocenters. The molecule has 3 rings (SSSR count). The van der Waals surface area contributed by atoms with Crippen molar-refractivity contribution in [1.82, 2.24) is 20.4 Å². The van der Waals surface area contributed by atoms with E-state index < -0.39 is 0 Å². The van der Waals surface area contributed by atoms with Crippen molar-refractivity contribution in [2.24, 2.45) is 0 Å². The Morgan fingerprint density at radius 3 is 2.80 bits per heavy atom. The number of amides is 1. The average Bonchev–Trinajstić information content (AvgIpc) is 3.35. The van der Waals surface area contributed by atoms with Crippen molar-refractivity contribution in [3.8, 4) is 5.69 Å². The monoisotopic (exact) mass is 360 g/mol. The van der Waals surface area contributed by atoms with Gasteiger partial charge in [-0.1, -0.05) is 24.6 Å². The van der Waals surface area contributed by atoms with Gasteiger partial charge in [-0.25, -0.2) is 4.68 Å². The van der Waals surface area contributed by atoms with E-state index in [9.17, 15) is 4.79 Å². The van der Waals surface area contributed by atoms with Crippen LogP contribution < -0.4 is 10.6 Å². The van der Waals surface area contributed by atoms with Crippen LogP contribution in [-0.2, 0) is 0 Å². The summed E-state index contributed by atoms with van der Waals surface area (Å²) >= 11 is 6.26. The van der Waals surface area contributed by atoms with Gasteiger partial charge in [-0.3, -0.25) is 4.79 Å². The minimum Gasteiger partial charge on any atom is -0.351 e. The Balaban J connectivity index is 1.78. The molecular weight excluding hydrogens is 336 g/mol. The molecule has 1 aliphatic rings. The van der Waals surface area contributed by atoms with Crippen LogP contribution in [0.1, 0.15) is 53.7 Å². The normalized spacial score (nSPS) is 13.9. The zero-order valence-corrected chi connectivity index (χ0v) is 15.6. The molecule has 0 spiro atoms. The molecule has 1 aromatic heterocycles. The lowest BCUT2D eigenvalue weighted by atomic mass is 10.1. The summed E-state index contributed by atoms with van der Waals surface area (Å²) in [5, 5.41) is 11.5. The van der Waals surface area contributed by atoms with Crippen LogP contribution in [0.5, 0.6) is 0 Å². The van der Waals surface area contributed by atoms with E-state index in [0.717, 1.165) is 49.3 Å². The van der Waals surface area contributed by atoms with Crippen LogP contribution in [-0.4, -0.2) is 35.3 Å². The van der Waals surface area contributed by atoms with E-state index in [0.29, 0.717) is 23.0 Å². The van der Waals surface area contributed by atoms with Crippen LogP contribution >= 0.6 is 11.6 Å². The maximum atomic E-state index is 12.6. The number of nitrogens with one attached hydrogen (secondary N) is 2. The molecule has 0 radical (unpaired) electrons. The highest BCUT2D eigenvalue weighted by atomic mass is 35.5. The zero-order chi connectivity index (χ0) is 17.8. The summed E-state index contributed by atoms with van der Waals surface area (Å²) < 4.78 is 1.87. The van der Waals surface area contributed by atoms with Crippen molar-refractivity contribution in [2.45, 2.75) is 39.0 Å². The first-order valence-corrected chi connectivity index (χ1v) is 9.33. The number of benzene rings is 1. The quantitative estimate of drug-likeness (QED) is 0.709. The van der Waals surface area contributed by atoms with Crippen LogP contribution in [0.4, 0.5) is 0 Å². The molecule has 1 saturated carbocycles. The van der Waals surface area contributed by atoms with Crippen molar-refractivity contribution in [3.63, 3.8) is 0 Å². The van der Waals surface area contributed by atoms with Gasteiger partial charge in [0.15, 0.2) is 0 Å². The Kier molecular flexibility index (Phi) is 5.76. The summed E-state index contributed by atoms with van der Waals surface area (Å²) in [6, 6.07) is 5.89. The second-order valence-corrected chi connectivity index (χ2v) is 6.98. The number of hydrogen-bond donors (Lipinski definition) is 2. The van der Waals surface area contributed by atoms with Gasteiger partial charge in [0.05, 0.1) is 23.1 Å². The Hall–Kier alpha value is -1.85. The Morgan fingerprint density at radius 2 is 2.12 bits per heavy atom. The number of carbonyl (C=O) groups excluding carboxylic acids is 1. The Bertz CT molecular complexity index is 752. The number of hydrogen-bond acceptors (Lipinski definition) is 3. The lowest BCUT2D eigenvalue weighted by Gasteiger charge is -2.11. The molecule has 1 aromatic carbocycles. The highest BCUT2D eigenvalue weighted by Gasteiger charge is 2.32. The molecular formula is C19H25ClN4O. The summed E-state index contributed by atoms with van der Waals surface area (Å²) in [5.41, 5.74) is 3.61. The first-order chi connectivity index (χ1) is 12.1. The number of nitrogens with zero attached hydrogens (tertiary/aromatic N) is 2. The number of halogens is 1. The maximum Gasteiger partial charge on any atom is 0.254 e. The third kappa shape index (κ3) is 4.22. The SMILES string of the molecule is CCCNCCNC(=O)c1cnn(-c2ccc(C)c(Cl)c2)c1C1CC1. The van der Waals surface area contributed by atoms with E-state index in [1.165, 1.54) is 0 Å². The summed E-state index contributed by atoms with van der Waals surface area (Å²) in [5.74, 6) is 0.353. The maximum absolute atomic E-state index is 12.6. The van der Waals surface area contributed by atoms with E-state index in [2.05, 4.69) is 22.7 Å². The predicted octanol–water partition coefficient (Wildman–Crippen LogP) is 3.44. The van der Waals surface area contributed by atoms with Crippen molar-refractivity contribution in [3.05, 3.63) is 46.2 Å². The molecule has 1 amide bonds.